The summed E-state index contributed by atoms with van der Waals surface area (Å²) in [5.74, 6) is 0. The molecule has 0 saturated heterocycles. The zero-order valence-electron chi connectivity index (χ0n) is 13.2. The summed E-state index contributed by atoms with van der Waals surface area (Å²) < 4.78 is 23.3. The van der Waals surface area contributed by atoms with E-state index in [1.807, 2.05) is 25.1 Å². The van der Waals surface area contributed by atoms with Crippen molar-refractivity contribution in [3.63, 3.8) is 0 Å². The number of benzene rings is 2. The van der Waals surface area contributed by atoms with Crippen molar-refractivity contribution in [2.75, 3.05) is 5.32 Å². The fraction of sp³-hybridized carbons (Fsp3) is 0.188. The van der Waals surface area contributed by atoms with Crippen molar-refractivity contribution in [2.45, 2.75) is 24.8 Å². The normalized spacial score (nSPS) is 12.5. The van der Waals surface area contributed by atoms with E-state index < -0.39 is 10.0 Å². The number of nitrogens with two attached hydrogens (primary N) is 1. The van der Waals surface area contributed by atoms with Gasteiger partial charge in [-0.3, -0.25) is 0 Å². The molecule has 8 heteroatoms. The molecule has 0 aliphatic carbocycles. The number of halogens is 1. The highest BCUT2D eigenvalue weighted by molar-refractivity contribution is 9.10. The lowest BCUT2D eigenvalue weighted by atomic mass is 10.1. The minimum absolute atomic E-state index is 0.0338. The Balaban J connectivity index is 2.03. The monoisotopic (exact) mass is 411 g/mol. The van der Waals surface area contributed by atoms with Crippen LogP contribution in [0.4, 0.5) is 10.5 Å². The van der Waals surface area contributed by atoms with E-state index in [0.717, 1.165) is 15.6 Å². The summed E-state index contributed by atoms with van der Waals surface area (Å²) in [6.45, 7) is 3.76. The lowest BCUT2D eigenvalue weighted by Crippen LogP contribution is -2.31. The van der Waals surface area contributed by atoms with Crippen LogP contribution in [0.25, 0.3) is 0 Å². The largest absolute Gasteiger partial charge is 0.331 e. The highest BCUT2D eigenvalue weighted by Crippen LogP contribution is 2.23. The van der Waals surface area contributed by atoms with E-state index in [9.17, 15) is 13.2 Å². The lowest BCUT2D eigenvalue weighted by molar-refractivity contribution is 0.249. The van der Waals surface area contributed by atoms with Gasteiger partial charge in [-0.25, -0.2) is 18.4 Å². The number of hydrogen-bond donors (Lipinski definition) is 3. The molecule has 2 rings (SSSR count). The summed E-state index contributed by atoms with van der Waals surface area (Å²) in [5, 5.41) is 10.6. The number of rotatable bonds is 4. The molecule has 1 atom stereocenters. The van der Waals surface area contributed by atoms with Crippen molar-refractivity contribution in [3.8, 4) is 0 Å². The molecular weight excluding hydrogens is 394 g/mol. The Bertz CT molecular complexity index is 851. The van der Waals surface area contributed by atoms with E-state index in [1.54, 1.807) is 19.1 Å². The summed E-state index contributed by atoms with van der Waals surface area (Å²) in [5.41, 5.74) is 2.51. The maximum Gasteiger partial charge on any atom is 0.319 e. The van der Waals surface area contributed by atoms with Gasteiger partial charge in [-0.05, 0) is 65.2 Å². The third-order valence-electron chi connectivity index (χ3n) is 3.43. The fourth-order valence-corrected chi connectivity index (χ4v) is 3.21. The molecule has 0 bridgehead atoms. The molecule has 0 spiro atoms. The van der Waals surface area contributed by atoms with Crippen LogP contribution in [0, 0.1) is 6.92 Å². The average Bonchev–Trinajstić information content (AvgIpc) is 2.49. The first kappa shape index (κ1) is 18.4. The van der Waals surface area contributed by atoms with Gasteiger partial charge in [0.15, 0.2) is 0 Å². The van der Waals surface area contributed by atoms with Crippen LogP contribution < -0.4 is 15.8 Å². The average molecular weight is 412 g/mol. The van der Waals surface area contributed by atoms with Gasteiger partial charge in [0.2, 0.25) is 10.0 Å². The van der Waals surface area contributed by atoms with Gasteiger partial charge >= 0.3 is 6.03 Å². The van der Waals surface area contributed by atoms with Crippen molar-refractivity contribution in [1.82, 2.24) is 5.32 Å². The van der Waals surface area contributed by atoms with Crippen LogP contribution in [0.1, 0.15) is 24.1 Å². The zero-order chi connectivity index (χ0) is 17.9. The Labute approximate surface area is 149 Å². The Kier molecular flexibility index (Phi) is 5.63. The zero-order valence-corrected chi connectivity index (χ0v) is 15.6. The second-order valence-electron chi connectivity index (χ2n) is 5.42. The van der Waals surface area contributed by atoms with Crippen LogP contribution >= 0.6 is 15.9 Å². The topological polar surface area (TPSA) is 101 Å². The first-order valence-corrected chi connectivity index (χ1v) is 9.47. The summed E-state index contributed by atoms with van der Waals surface area (Å²) in [6.07, 6.45) is 0. The molecule has 2 amide bonds. The van der Waals surface area contributed by atoms with Gasteiger partial charge in [0.1, 0.15) is 0 Å². The molecule has 1 unspecified atom stereocenters. The molecule has 0 heterocycles. The number of aryl methyl sites for hydroxylation is 1. The van der Waals surface area contributed by atoms with Gasteiger partial charge in [0, 0.05) is 4.47 Å². The van der Waals surface area contributed by atoms with Crippen molar-refractivity contribution in [2.24, 2.45) is 5.14 Å². The quantitative estimate of drug-likeness (QED) is 0.718. The van der Waals surface area contributed by atoms with Crippen LogP contribution in [0.15, 0.2) is 51.8 Å². The van der Waals surface area contributed by atoms with Crippen molar-refractivity contribution >= 4 is 37.7 Å². The Morgan fingerprint density at radius 3 is 2.33 bits per heavy atom. The lowest BCUT2D eigenvalue weighted by Gasteiger charge is -2.16. The molecule has 0 fully saturated rings. The van der Waals surface area contributed by atoms with Gasteiger partial charge in [-0.15, -0.1) is 0 Å². The number of amides is 2. The first-order chi connectivity index (χ1) is 11.2. The van der Waals surface area contributed by atoms with E-state index >= 15 is 0 Å². The van der Waals surface area contributed by atoms with Crippen LogP contribution in [-0.2, 0) is 10.0 Å². The number of sulfonamides is 1. The smallest absolute Gasteiger partial charge is 0.319 e. The minimum Gasteiger partial charge on any atom is -0.331 e. The highest BCUT2D eigenvalue weighted by atomic mass is 79.9. The Morgan fingerprint density at radius 2 is 1.79 bits per heavy atom. The third kappa shape index (κ3) is 4.80. The molecule has 0 aromatic heterocycles. The number of primary sulfonamides is 1. The van der Waals surface area contributed by atoms with E-state index in [-0.39, 0.29) is 17.0 Å². The minimum atomic E-state index is -3.72. The maximum absolute atomic E-state index is 12.1. The van der Waals surface area contributed by atoms with E-state index in [1.165, 1.54) is 12.1 Å². The van der Waals surface area contributed by atoms with E-state index in [4.69, 9.17) is 5.14 Å². The second-order valence-corrected chi connectivity index (χ2v) is 7.83. The van der Waals surface area contributed by atoms with Gasteiger partial charge < -0.3 is 10.6 Å². The standard InChI is InChI=1S/C16H18BrN3O3S/c1-10-3-8-15(14(17)9-10)20-16(21)19-11(2)12-4-6-13(7-5-12)24(18,22)23/h3-9,11H,1-2H3,(H2,18,22,23)(H2,19,20,21). The third-order valence-corrected chi connectivity index (χ3v) is 5.01. The molecule has 24 heavy (non-hydrogen) atoms. The van der Waals surface area contributed by atoms with Crippen LogP contribution in [-0.4, -0.2) is 14.4 Å². The summed E-state index contributed by atoms with van der Waals surface area (Å²) >= 11 is 3.40. The van der Waals surface area contributed by atoms with Gasteiger partial charge in [-0.1, -0.05) is 18.2 Å². The molecule has 4 N–H and O–H groups in total. The number of carbonyl (C=O) groups is 1. The van der Waals surface area contributed by atoms with Gasteiger partial charge in [0.05, 0.1) is 16.6 Å². The molecule has 0 saturated carbocycles. The number of anilines is 1. The first-order valence-electron chi connectivity index (χ1n) is 7.13. The summed E-state index contributed by atoms with van der Waals surface area (Å²) in [6, 6.07) is 11.0. The molecule has 0 radical (unpaired) electrons. The van der Waals surface area contributed by atoms with Gasteiger partial charge in [-0.2, -0.15) is 0 Å². The molecule has 2 aromatic rings. The Hall–Kier alpha value is -1.90. The second kappa shape index (κ2) is 7.33. The summed E-state index contributed by atoms with van der Waals surface area (Å²) in [7, 11) is -3.72. The Morgan fingerprint density at radius 1 is 1.17 bits per heavy atom. The van der Waals surface area contributed by atoms with Crippen molar-refractivity contribution < 1.29 is 13.2 Å². The van der Waals surface area contributed by atoms with Crippen LogP contribution in [0.2, 0.25) is 0 Å². The fourth-order valence-electron chi connectivity index (χ4n) is 2.11. The maximum atomic E-state index is 12.1. The number of carbonyl (C=O) groups excluding carboxylic acids is 1. The molecule has 6 nitrogen and oxygen atoms in total. The number of urea groups is 1. The number of nitrogens with one attached hydrogen (secondary N) is 2. The SMILES string of the molecule is Cc1ccc(NC(=O)NC(C)c2ccc(S(N)(=O)=O)cc2)c(Br)c1. The molecule has 128 valence electrons. The molecule has 0 aliphatic heterocycles. The van der Waals surface area contributed by atoms with E-state index in [0.29, 0.717) is 5.69 Å². The van der Waals surface area contributed by atoms with Gasteiger partial charge in [0.25, 0.3) is 0 Å². The molecule has 2 aromatic carbocycles. The van der Waals surface area contributed by atoms with E-state index in [2.05, 4.69) is 26.6 Å². The van der Waals surface area contributed by atoms with Crippen LogP contribution in [0.5, 0.6) is 0 Å². The predicted molar refractivity (Wildman–Crippen MR) is 97.3 cm³/mol. The molecular formula is C16H18BrN3O3S. The molecule has 0 aliphatic rings. The highest BCUT2D eigenvalue weighted by Gasteiger charge is 2.13. The number of hydrogen-bond acceptors (Lipinski definition) is 3. The van der Waals surface area contributed by atoms with Crippen molar-refractivity contribution in [1.29, 1.82) is 0 Å². The summed E-state index contributed by atoms with van der Waals surface area (Å²) in [4.78, 5) is 12.1. The predicted octanol–water partition coefficient (Wildman–Crippen LogP) is 3.29. The van der Waals surface area contributed by atoms with Crippen LogP contribution in [0.3, 0.4) is 0 Å². The van der Waals surface area contributed by atoms with Crippen molar-refractivity contribution in [3.05, 3.63) is 58.1 Å².